The Kier molecular flexibility index (Phi) is 7.65. The van der Waals surface area contributed by atoms with Gasteiger partial charge in [0, 0.05) is 26.7 Å². The zero-order valence-electron chi connectivity index (χ0n) is 14.7. The van der Waals surface area contributed by atoms with Gasteiger partial charge in [0.05, 0.1) is 6.54 Å². The molecular formula is C17H31F3N4. The topological polar surface area (TPSA) is 39.7 Å². The molecule has 0 aromatic heterocycles. The van der Waals surface area contributed by atoms with E-state index in [0.717, 1.165) is 31.3 Å². The molecule has 0 radical (unpaired) electrons. The maximum absolute atomic E-state index is 12.4. The Morgan fingerprint density at radius 2 is 1.88 bits per heavy atom. The van der Waals surface area contributed by atoms with Gasteiger partial charge in [-0.1, -0.05) is 25.7 Å². The largest absolute Gasteiger partial charge is 0.401 e. The van der Waals surface area contributed by atoms with Crippen LogP contribution in [0.25, 0.3) is 0 Å². The minimum absolute atomic E-state index is 0.254. The van der Waals surface area contributed by atoms with Gasteiger partial charge in [-0.25, -0.2) is 0 Å². The lowest BCUT2D eigenvalue weighted by atomic mass is 10.0. The van der Waals surface area contributed by atoms with Gasteiger partial charge in [-0.2, -0.15) is 13.2 Å². The predicted octanol–water partition coefficient (Wildman–Crippen LogP) is 3.01. The van der Waals surface area contributed by atoms with E-state index < -0.39 is 12.7 Å². The SMILES string of the molecule is CN=C(NCCCC1CCCC1)NCC1CCN(CC(F)(F)F)C1. The molecule has 1 unspecified atom stereocenters. The van der Waals surface area contributed by atoms with Crippen molar-refractivity contribution >= 4 is 5.96 Å². The van der Waals surface area contributed by atoms with E-state index in [1.165, 1.54) is 37.0 Å². The monoisotopic (exact) mass is 348 g/mol. The smallest absolute Gasteiger partial charge is 0.356 e. The number of aliphatic imine (C=N–C) groups is 1. The van der Waals surface area contributed by atoms with E-state index in [1.807, 2.05) is 0 Å². The van der Waals surface area contributed by atoms with E-state index in [-0.39, 0.29) is 5.92 Å². The molecule has 4 nitrogen and oxygen atoms in total. The van der Waals surface area contributed by atoms with Crippen molar-refractivity contribution in [3.8, 4) is 0 Å². The second kappa shape index (κ2) is 9.49. The molecule has 0 amide bonds. The summed E-state index contributed by atoms with van der Waals surface area (Å²) in [5.41, 5.74) is 0. The molecule has 1 atom stereocenters. The molecule has 1 aliphatic carbocycles. The van der Waals surface area contributed by atoms with Crippen molar-refractivity contribution in [3.05, 3.63) is 0 Å². The van der Waals surface area contributed by atoms with Crippen LogP contribution in [0.5, 0.6) is 0 Å². The first kappa shape index (κ1) is 19.3. The third-order valence-corrected chi connectivity index (χ3v) is 5.11. The molecule has 0 aromatic carbocycles. The molecule has 1 heterocycles. The van der Waals surface area contributed by atoms with Crippen molar-refractivity contribution in [1.82, 2.24) is 15.5 Å². The fourth-order valence-electron chi connectivity index (χ4n) is 3.83. The first-order chi connectivity index (χ1) is 11.5. The van der Waals surface area contributed by atoms with Gasteiger partial charge in [0.15, 0.2) is 5.96 Å². The summed E-state index contributed by atoms with van der Waals surface area (Å²) in [7, 11) is 1.73. The number of rotatable bonds is 7. The van der Waals surface area contributed by atoms with Gasteiger partial charge in [-0.15, -0.1) is 0 Å². The summed E-state index contributed by atoms with van der Waals surface area (Å²) in [6.07, 6.45) is 4.66. The Morgan fingerprint density at radius 1 is 1.12 bits per heavy atom. The molecule has 140 valence electrons. The van der Waals surface area contributed by atoms with Gasteiger partial charge in [-0.05, 0) is 37.6 Å². The Hall–Kier alpha value is -0.980. The number of hydrogen-bond donors (Lipinski definition) is 2. The van der Waals surface area contributed by atoms with E-state index in [4.69, 9.17) is 0 Å². The van der Waals surface area contributed by atoms with Crippen molar-refractivity contribution < 1.29 is 13.2 Å². The average molecular weight is 348 g/mol. The van der Waals surface area contributed by atoms with Crippen LogP contribution in [0, 0.1) is 11.8 Å². The van der Waals surface area contributed by atoms with Crippen LogP contribution in [-0.4, -0.2) is 56.8 Å². The number of hydrogen-bond acceptors (Lipinski definition) is 2. The summed E-state index contributed by atoms with van der Waals surface area (Å²) in [5.74, 6) is 1.92. The van der Waals surface area contributed by atoms with Crippen LogP contribution < -0.4 is 10.6 Å². The molecule has 2 rings (SSSR count). The fourth-order valence-corrected chi connectivity index (χ4v) is 3.83. The lowest BCUT2D eigenvalue weighted by molar-refractivity contribution is -0.143. The molecule has 0 aromatic rings. The minimum atomic E-state index is -4.10. The zero-order chi connectivity index (χ0) is 17.4. The normalized spacial score (nSPS) is 23.8. The van der Waals surface area contributed by atoms with Gasteiger partial charge in [0.25, 0.3) is 0 Å². The van der Waals surface area contributed by atoms with Crippen molar-refractivity contribution in [3.63, 3.8) is 0 Å². The standard InChI is InChI=1S/C17H31F3N4/c1-21-16(22-9-4-7-14-5-2-3-6-14)23-11-15-8-10-24(12-15)13-17(18,19)20/h14-15H,2-13H2,1H3,(H2,21,22,23). The molecule has 1 aliphatic heterocycles. The summed E-state index contributed by atoms with van der Waals surface area (Å²) >= 11 is 0. The molecule has 0 bridgehead atoms. The summed E-state index contributed by atoms with van der Waals surface area (Å²) in [5, 5.41) is 6.57. The fraction of sp³-hybridized carbons (Fsp3) is 0.941. The van der Waals surface area contributed by atoms with Gasteiger partial charge in [0.1, 0.15) is 0 Å². The van der Waals surface area contributed by atoms with Crippen LogP contribution >= 0.6 is 0 Å². The first-order valence-electron chi connectivity index (χ1n) is 9.20. The second-order valence-corrected chi connectivity index (χ2v) is 7.18. The maximum atomic E-state index is 12.4. The maximum Gasteiger partial charge on any atom is 0.401 e. The molecule has 7 heteroatoms. The number of guanidine groups is 1. The van der Waals surface area contributed by atoms with Crippen molar-refractivity contribution in [2.45, 2.75) is 51.1 Å². The number of likely N-dealkylation sites (tertiary alicyclic amines) is 1. The Labute approximate surface area is 143 Å². The quantitative estimate of drug-likeness (QED) is 0.422. The van der Waals surface area contributed by atoms with E-state index >= 15 is 0 Å². The summed E-state index contributed by atoms with van der Waals surface area (Å²) in [4.78, 5) is 5.69. The number of halogens is 3. The lowest BCUT2D eigenvalue weighted by Gasteiger charge is -2.19. The average Bonchev–Trinajstić information content (AvgIpc) is 3.17. The molecule has 24 heavy (non-hydrogen) atoms. The van der Waals surface area contributed by atoms with E-state index in [9.17, 15) is 13.2 Å². The highest BCUT2D eigenvalue weighted by molar-refractivity contribution is 5.79. The first-order valence-corrected chi connectivity index (χ1v) is 9.20. The van der Waals surface area contributed by atoms with Crippen LogP contribution in [0.3, 0.4) is 0 Å². The molecule has 0 spiro atoms. The third-order valence-electron chi connectivity index (χ3n) is 5.11. The highest BCUT2D eigenvalue weighted by atomic mass is 19.4. The Balaban J connectivity index is 1.56. The molecule has 2 aliphatic rings. The van der Waals surface area contributed by atoms with Crippen LogP contribution in [-0.2, 0) is 0 Å². The van der Waals surface area contributed by atoms with Crippen molar-refractivity contribution in [2.24, 2.45) is 16.8 Å². The second-order valence-electron chi connectivity index (χ2n) is 7.18. The van der Waals surface area contributed by atoms with Gasteiger partial charge in [-0.3, -0.25) is 9.89 Å². The molecule has 2 fully saturated rings. The summed E-state index contributed by atoms with van der Waals surface area (Å²) in [6.45, 7) is 1.82. The minimum Gasteiger partial charge on any atom is -0.356 e. The number of nitrogens with one attached hydrogen (secondary N) is 2. The highest BCUT2D eigenvalue weighted by Gasteiger charge is 2.34. The zero-order valence-corrected chi connectivity index (χ0v) is 14.7. The predicted molar refractivity (Wildman–Crippen MR) is 91.2 cm³/mol. The van der Waals surface area contributed by atoms with Crippen LogP contribution in [0.1, 0.15) is 44.9 Å². The van der Waals surface area contributed by atoms with E-state index in [1.54, 1.807) is 7.05 Å². The molecule has 2 N–H and O–H groups in total. The van der Waals surface area contributed by atoms with Crippen LogP contribution in [0.2, 0.25) is 0 Å². The number of alkyl halides is 3. The van der Waals surface area contributed by atoms with Gasteiger partial charge in [0.2, 0.25) is 0 Å². The van der Waals surface area contributed by atoms with Crippen LogP contribution in [0.15, 0.2) is 4.99 Å². The van der Waals surface area contributed by atoms with Crippen molar-refractivity contribution in [2.75, 3.05) is 39.8 Å². The van der Waals surface area contributed by atoms with E-state index in [0.29, 0.717) is 19.6 Å². The van der Waals surface area contributed by atoms with Gasteiger partial charge >= 0.3 is 6.18 Å². The van der Waals surface area contributed by atoms with Crippen LogP contribution in [0.4, 0.5) is 13.2 Å². The summed E-state index contributed by atoms with van der Waals surface area (Å²) < 4.78 is 37.2. The summed E-state index contributed by atoms with van der Waals surface area (Å²) in [6, 6.07) is 0. The molecular weight excluding hydrogens is 317 g/mol. The highest BCUT2D eigenvalue weighted by Crippen LogP contribution is 2.28. The van der Waals surface area contributed by atoms with Crippen molar-refractivity contribution in [1.29, 1.82) is 0 Å². The Morgan fingerprint density at radius 3 is 2.54 bits per heavy atom. The molecule has 1 saturated heterocycles. The van der Waals surface area contributed by atoms with E-state index in [2.05, 4.69) is 15.6 Å². The third kappa shape index (κ3) is 7.28. The molecule has 1 saturated carbocycles. The lowest BCUT2D eigenvalue weighted by Crippen LogP contribution is -2.41. The Bertz CT molecular complexity index is 392. The number of nitrogens with zero attached hydrogens (tertiary/aromatic N) is 2. The van der Waals surface area contributed by atoms with Gasteiger partial charge < -0.3 is 10.6 Å².